The fraction of sp³-hybridized carbons (Fsp3) is 0.353. The van der Waals surface area contributed by atoms with Gasteiger partial charge in [-0.25, -0.2) is 8.78 Å². The predicted molar refractivity (Wildman–Crippen MR) is 87.0 cm³/mol. The molecule has 1 N–H and O–H groups in total. The third kappa shape index (κ3) is 2.85. The molecule has 3 nitrogen and oxygen atoms in total. The van der Waals surface area contributed by atoms with Crippen molar-refractivity contribution in [3.05, 3.63) is 47.9 Å². The fourth-order valence-electron chi connectivity index (χ4n) is 3.03. The first-order valence-electron chi connectivity index (χ1n) is 7.38. The number of fused-ring (bicyclic) bond motifs is 1. The van der Waals surface area contributed by atoms with Crippen molar-refractivity contribution in [2.24, 2.45) is 7.05 Å². The number of aromatic nitrogens is 1. The molecule has 1 aliphatic carbocycles. The van der Waals surface area contributed by atoms with Crippen LogP contribution < -0.4 is 5.32 Å². The van der Waals surface area contributed by atoms with Gasteiger partial charge < -0.3 is 9.88 Å². The number of carbonyl (C=O) groups excluding carboxylic acids is 1. The second-order valence-corrected chi connectivity index (χ2v) is 6.51. The van der Waals surface area contributed by atoms with Crippen molar-refractivity contribution >= 4 is 28.4 Å². The van der Waals surface area contributed by atoms with E-state index in [1.165, 1.54) is 6.07 Å². The Morgan fingerprint density at radius 3 is 2.96 bits per heavy atom. The number of rotatable bonds is 2. The van der Waals surface area contributed by atoms with Crippen LogP contribution in [-0.4, -0.2) is 28.1 Å². The maximum absolute atomic E-state index is 14.1. The minimum absolute atomic E-state index is 0.0893. The van der Waals surface area contributed by atoms with E-state index in [4.69, 9.17) is 11.6 Å². The summed E-state index contributed by atoms with van der Waals surface area (Å²) in [5.74, 6) is -0.910. The monoisotopic (exact) mass is 338 g/mol. The van der Waals surface area contributed by atoms with Crippen molar-refractivity contribution in [3.63, 3.8) is 0 Å². The number of carbonyl (C=O) groups is 1. The van der Waals surface area contributed by atoms with E-state index in [0.717, 1.165) is 0 Å². The molecule has 1 fully saturated rings. The van der Waals surface area contributed by atoms with Gasteiger partial charge in [-0.15, -0.1) is 11.6 Å². The summed E-state index contributed by atoms with van der Waals surface area (Å²) in [5.41, 5.74) is 1.30. The second-order valence-electron chi connectivity index (χ2n) is 5.95. The van der Waals surface area contributed by atoms with Crippen LogP contribution in [0.1, 0.15) is 23.2 Å². The Morgan fingerprint density at radius 1 is 1.48 bits per heavy atom. The summed E-state index contributed by atoms with van der Waals surface area (Å²) in [6.45, 7) is 3.65. The Balaban J connectivity index is 1.88. The molecule has 0 radical (unpaired) electrons. The van der Waals surface area contributed by atoms with Crippen molar-refractivity contribution < 1.29 is 13.6 Å². The molecule has 122 valence electrons. The smallest absolute Gasteiger partial charge is 0.253 e. The molecule has 23 heavy (non-hydrogen) atoms. The average Bonchev–Trinajstić information content (AvgIpc) is 2.84. The average molecular weight is 339 g/mol. The first-order chi connectivity index (χ1) is 10.9. The number of hydrogen-bond donors (Lipinski definition) is 1. The first-order valence-corrected chi connectivity index (χ1v) is 7.82. The van der Waals surface area contributed by atoms with Gasteiger partial charge in [-0.3, -0.25) is 4.79 Å². The Bertz CT molecular complexity index is 786. The topological polar surface area (TPSA) is 34.0 Å². The lowest BCUT2D eigenvalue weighted by Gasteiger charge is -2.31. The first kappa shape index (κ1) is 16.0. The fourth-order valence-corrected chi connectivity index (χ4v) is 3.39. The molecule has 1 saturated carbocycles. The number of hydrogen-bond acceptors (Lipinski definition) is 1. The Morgan fingerprint density at radius 2 is 2.22 bits per heavy atom. The maximum Gasteiger partial charge on any atom is 0.253 e. The van der Waals surface area contributed by atoms with Gasteiger partial charge in [-0.1, -0.05) is 12.6 Å². The molecule has 2 aromatic rings. The number of aryl methyl sites for hydroxylation is 1. The number of benzene rings is 1. The maximum atomic E-state index is 14.1. The largest absolute Gasteiger partial charge is 0.350 e. The van der Waals surface area contributed by atoms with Crippen LogP contribution >= 0.6 is 11.6 Å². The molecule has 1 aliphatic rings. The number of nitrogens with one attached hydrogen (secondary N) is 1. The summed E-state index contributed by atoms with van der Waals surface area (Å²) in [4.78, 5) is 12.5. The van der Waals surface area contributed by atoms with Crippen LogP contribution in [0.5, 0.6) is 0 Å². The van der Waals surface area contributed by atoms with E-state index in [9.17, 15) is 13.6 Å². The SMILES string of the molecule is C=C1CC(Cl)C(NC(=O)c2cn(C)c3cccc(F)c23)CC1F. The minimum Gasteiger partial charge on any atom is -0.350 e. The second kappa shape index (κ2) is 5.96. The molecule has 0 saturated heterocycles. The molecule has 3 rings (SSSR count). The quantitative estimate of drug-likeness (QED) is 0.657. The molecule has 3 atom stereocenters. The number of halogens is 3. The van der Waals surface area contributed by atoms with E-state index in [-0.39, 0.29) is 17.4 Å². The summed E-state index contributed by atoms with van der Waals surface area (Å²) >= 11 is 6.21. The normalized spacial score (nSPS) is 24.9. The Labute approximate surface area is 137 Å². The van der Waals surface area contributed by atoms with Crippen molar-refractivity contribution in [2.45, 2.75) is 30.4 Å². The van der Waals surface area contributed by atoms with Crippen LogP contribution in [0.15, 0.2) is 36.5 Å². The molecule has 0 spiro atoms. The van der Waals surface area contributed by atoms with Crippen LogP contribution in [0.2, 0.25) is 0 Å². The number of amides is 1. The highest BCUT2D eigenvalue weighted by molar-refractivity contribution is 6.21. The van der Waals surface area contributed by atoms with Gasteiger partial charge in [0, 0.05) is 31.1 Å². The van der Waals surface area contributed by atoms with Gasteiger partial charge >= 0.3 is 0 Å². The number of nitrogens with zero attached hydrogens (tertiary/aromatic N) is 1. The molecule has 6 heteroatoms. The van der Waals surface area contributed by atoms with Crippen LogP contribution in [0.4, 0.5) is 8.78 Å². The third-order valence-electron chi connectivity index (χ3n) is 4.32. The number of allylic oxidation sites excluding steroid dienone is 1. The summed E-state index contributed by atoms with van der Waals surface area (Å²) in [6, 6.07) is 4.13. The van der Waals surface area contributed by atoms with E-state index >= 15 is 0 Å². The molecule has 1 heterocycles. The zero-order valence-corrected chi connectivity index (χ0v) is 13.4. The molecule has 1 amide bonds. The highest BCUT2D eigenvalue weighted by Crippen LogP contribution is 2.30. The van der Waals surface area contributed by atoms with Crippen LogP contribution in [-0.2, 0) is 7.05 Å². The van der Waals surface area contributed by atoms with Crippen molar-refractivity contribution in [1.29, 1.82) is 0 Å². The van der Waals surface area contributed by atoms with Gasteiger partial charge in [0.05, 0.1) is 16.5 Å². The van der Waals surface area contributed by atoms with Crippen molar-refractivity contribution in [3.8, 4) is 0 Å². The zero-order chi connectivity index (χ0) is 16.7. The van der Waals surface area contributed by atoms with E-state index in [2.05, 4.69) is 11.9 Å². The summed E-state index contributed by atoms with van der Waals surface area (Å²) in [7, 11) is 1.74. The summed E-state index contributed by atoms with van der Waals surface area (Å²) < 4.78 is 29.6. The van der Waals surface area contributed by atoms with Gasteiger partial charge in [0.15, 0.2) is 0 Å². The minimum atomic E-state index is -1.18. The van der Waals surface area contributed by atoms with Crippen LogP contribution in [0, 0.1) is 5.82 Å². The predicted octanol–water partition coefficient (Wildman–Crippen LogP) is 3.71. The summed E-state index contributed by atoms with van der Waals surface area (Å²) in [6.07, 6.45) is 0.796. The van der Waals surface area contributed by atoms with Gasteiger partial charge in [0.1, 0.15) is 12.0 Å². The van der Waals surface area contributed by atoms with E-state index in [1.54, 1.807) is 29.9 Å². The number of alkyl halides is 2. The van der Waals surface area contributed by atoms with Gasteiger partial charge in [-0.2, -0.15) is 0 Å². The molecular formula is C17H17ClF2N2O. The Hall–Kier alpha value is -1.88. The van der Waals surface area contributed by atoms with Gasteiger partial charge in [-0.05, 0) is 24.1 Å². The van der Waals surface area contributed by atoms with E-state index < -0.39 is 29.3 Å². The molecular weight excluding hydrogens is 322 g/mol. The lowest BCUT2D eigenvalue weighted by molar-refractivity contribution is 0.0925. The standard InChI is InChI=1S/C17H17ClF2N2O/c1-9-6-11(18)14(7-13(9)20)21-17(23)10-8-22(2)15-5-3-4-12(19)16(10)15/h3-5,8,11,13-14H,1,6-7H2,2H3,(H,21,23). The molecule has 0 bridgehead atoms. The lowest BCUT2D eigenvalue weighted by atomic mass is 9.89. The van der Waals surface area contributed by atoms with Gasteiger partial charge in [0.25, 0.3) is 5.91 Å². The van der Waals surface area contributed by atoms with Crippen LogP contribution in [0.3, 0.4) is 0 Å². The van der Waals surface area contributed by atoms with Gasteiger partial charge in [0.2, 0.25) is 0 Å². The third-order valence-corrected chi connectivity index (χ3v) is 4.78. The highest BCUT2D eigenvalue weighted by Gasteiger charge is 2.33. The summed E-state index contributed by atoms with van der Waals surface area (Å²) in [5, 5.41) is 2.58. The van der Waals surface area contributed by atoms with Crippen molar-refractivity contribution in [2.75, 3.05) is 0 Å². The van der Waals surface area contributed by atoms with E-state index in [0.29, 0.717) is 17.5 Å². The molecule has 0 aliphatic heterocycles. The zero-order valence-electron chi connectivity index (χ0n) is 12.7. The van der Waals surface area contributed by atoms with Crippen molar-refractivity contribution in [1.82, 2.24) is 9.88 Å². The molecule has 1 aromatic heterocycles. The lowest BCUT2D eigenvalue weighted by Crippen LogP contribution is -2.46. The van der Waals surface area contributed by atoms with E-state index in [1.807, 2.05) is 0 Å². The molecule has 3 unspecified atom stereocenters. The Kier molecular flexibility index (Phi) is 4.15. The van der Waals surface area contributed by atoms with Crippen LogP contribution in [0.25, 0.3) is 10.9 Å². The highest BCUT2D eigenvalue weighted by atomic mass is 35.5. The molecule has 1 aromatic carbocycles.